The number of aryl methyl sites for hydroxylation is 1. The number of piperidine rings is 1. The maximum Gasteiger partial charge on any atom is 0.263 e. The molecule has 2 aliphatic heterocycles. The zero-order valence-electron chi connectivity index (χ0n) is 18.8. The van der Waals surface area contributed by atoms with Crippen molar-refractivity contribution in [1.82, 2.24) is 19.6 Å². The van der Waals surface area contributed by atoms with Gasteiger partial charge in [-0.15, -0.1) is 11.3 Å². The number of amides is 2. The van der Waals surface area contributed by atoms with E-state index in [4.69, 9.17) is 4.74 Å². The summed E-state index contributed by atoms with van der Waals surface area (Å²) in [6.45, 7) is 9.06. The van der Waals surface area contributed by atoms with E-state index in [-0.39, 0.29) is 23.8 Å². The van der Waals surface area contributed by atoms with Gasteiger partial charge in [0.2, 0.25) is 5.91 Å². The Bertz CT molecular complexity index is 952. The van der Waals surface area contributed by atoms with Crippen LogP contribution in [0.2, 0.25) is 0 Å². The van der Waals surface area contributed by atoms with Gasteiger partial charge in [0, 0.05) is 62.0 Å². The van der Waals surface area contributed by atoms with E-state index in [1.54, 1.807) is 7.11 Å². The number of rotatable bonds is 6. The van der Waals surface area contributed by atoms with Gasteiger partial charge in [-0.05, 0) is 51.8 Å². The van der Waals surface area contributed by atoms with Crippen LogP contribution in [0.1, 0.15) is 58.9 Å². The van der Waals surface area contributed by atoms with E-state index in [0.717, 1.165) is 34.8 Å². The third-order valence-corrected chi connectivity index (χ3v) is 7.65. The zero-order chi connectivity index (χ0) is 22.2. The van der Waals surface area contributed by atoms with Crippen molar-refractivity contribution in [3.63, 3.8) is 0 Å². The molecule has 1 spiro atoms. The summed E-state index contributed by atoms with van der Waals surface area (Å²) >= 11 is 1.52. The quantitative estimate of drug-likeness (QED) is 0.685. The van der Waals surface area contributed by atoms with Crippen LogP contribution in [0, 0.1) is 12.3 Å². The Hall–Kier alpha value is -2.19. The molecule has 0 unspecified atom stereocenters. The van der Waals surface area contributed by atoms with Crippen molar-refractivity contribution < 1.29 is 14.3 Å². The van der Waals surface area contributed by atoms with Gasteiger partial charge < -0.3 is 14.5 Å². The number of nitrogens with zero attached hydrogens (tertiary/aromatic N) is 4. The predicted octanol–water partition coefficient (Wildman–Crippen LogP) is 3.33. The van der Waals surface area contributed by atoms with Crippen LogP contribution < -0.4 is 0 Å². The molecule has 2 aromatic rings. The molecule has 0 radical (unpaired) electrons. The minimum Gasteiger partial charge on any atom is -0.383 e. The molecule has 2 fully saturated rings. The molecule has 8 heteroatoms. The van der Waals surface area contributed by atoms with Gasteiger partial charge in [-0.25, -0.2) is 0 Å². The van der Waals surface area contributed by atoms with Crippen molar-refractivity contribution in [2.45, 2.75) is 45.6 Å². The van der Waals surface area contributed by atoms with E-state index in [1.165, 1.54) is 11.3 Å². The Morgan fingerprint density at radius 2 is 2.16 bits per heavy atom. The summed E-state index contributed by atoms with van der Waals surface area (Å²) in [6, 6.07) is 6.09. The summed E-state index contributed by atoms with van der Waals surface area (Å²) < 4.78 is 7.25. The van der Waals surface area contributed by atoms with Crippen LogP contribution in [0.15, 0.2) is 24.4 Å². The number of likely N-dealkylation sites (tertiary alicyclic amines) is 2. The molecule has 0 N–H and O–H groups in total. The summed E-state index contributed by atoms with van der Waals surface area (Å²) in [6.07, 6.45) is 3.53. The number of aromatic nitrogens is 2. The van der Waals surface area contributed by atoms with Crippen LogP contribution in [0.5, 0.6) is 0 Å². The number of ether oxygens (including phenoxy) is 1. The van der Waals surface area contributed by atoms with Crippen LogP contribution in [0.25, 0.3) is 0 Å². The Kier molecular flexibility index (Phi) is 6.21. The van der Waals surface area contributed by atoms with Crippen LogP contribution in [-0.2, 0) is 9.53 Å². The lowest BCUT2D eigenvalue weighted by atomic mass is 9.70. The van der Waals surface area contributed by atoms with Gasteiger partial charge in [0.15, 0.2) is 0 Å². The Labute approximate surface area is 188 Å². The summed E-state index contributed by atoms with van der Waals surface area (Å²) in [5.41, 5.74) is 0.440. The second kappa shape index (κ2) is 8.74. The number of hydrogen-bond donors (Lipinski definition) is 0. The molecule has 2 amide bonds. The van der Waals surface area contributed by atoms with Crippen LogP contribution >= 0.6 is 11.3 Å². The number of thiophene rings is 1. The fourth-order valence-corrected chi connectivity index (χ4v) is 6.01. The molecule has 0 aliphatic carbocycles. The van der Waals surface area contributed by atoms with Gasteiger partial charge in [-0.1, -0.05) is 0 Å². The Morgan fingerprint density at radius 1 is 1.35 bits per heavy atom. The van der Waals surface area contributed by atoms with Crippen molar-refractivity contribution in [2.75, 3.05) is 39.9 Å². The molecule has 0 bridgehead atoms. The van der Waals surface area contributed by atoms with Gasteiger partial charge in [-0.2, -0.15) is 5.10 Å². The van der Waals surface area contributed by atoms with Crippen molar-refractivity contribution in [3.05, 3.63) is 39.8 Å². The van der Waals surface area contributed by atoms with E-state index in [9.17, 15) is 9.59 Å². The second-order valence-electron chi connectivity index (χ2n) is 8.99. The molecular formula is C23H32N4O3S. The fraction of sp³-hybridized carbons (Fsp3) is 0.609. The topological polar surface area (TPSA) is 67.7 Å². The van der Waals surface area contributed by atoms with Gasteiger partial charge in [-0.3, -0.25) is 14.3 Å². The maximum absolute atomic E-state index is 13.9. The van der Waals surface area contributed by atoms with Gasteiger partial charge in [0.1, 0.15) is 0 Å². The molecule has 2 aromatic heterocycles. The predicted molar refractivity (Wildman–Crippen MR) is 120 cm³/mol. The number of hydrogen-bond acceptors (Lipinski definition) is 5. The molecule has 0 saturated carbocycles. The van der Waals surface area contributed by atoms with E-state index >= 15 is 0 Å². The molecule has 2 atom stereocenters. The third-order valence-electron chi connectivity index (χ3n) is 6.66. The van der Waals surface area contributed by atoms with Crippen molar-refractivity contribution in [2.24, 2.45) is 5.41 Å². The highest BCUT2D eigenvalue weighted by Gasteiger charge is 2.57. The van der Waals surface area contributed by atoms with Crippen LogP contribution in [0.3, 0.4) is 0 Å². The maximum atomic E-state index is 13.9. The van der Waals surface area contributed by atoms with Crippen molar-refractivity contribution in [1.29, 1.82) is 0 Å². The van der Waals surface area contributed by atoms with E-state index in [0.29, 0.717) is 26.2 Å². The molecule has 31 heavy (non-hydrogen) atoms. The fourth-order valence-electron chi connectivity index (χ4n) is 5.17. The summed E-state index contributed by atoms with van der Waals surface area (Å²) in [5, 5.41) is 4.53. The third kappa shape index (κ3) is 3.91. The number of carbonyl (C=O) groups excluding carboxylic acids is 2. The minimum atomic E-state index is -0.610. The molecule has 0 aromatic carbocycles. The van der Waals surface area contributed by atoms with Crippen molar-refractivity contribution >= 4 is 23.2 Å². The van der Waals surface area contributed by atoms with Gasteiger partial charge in [0.05, 0.1) is 16.9 Å². The zero-order valence-corrected chi connectivity index (χ0v) is 19.7. The summed E-state index contributed by atoms with van der Waals surface area (Å²) in [7, 11) is 1.66. The highest BCUT2D eigenvalue weighted by molar-refractivity contribution is 7.13. The second-order valence-corrected chi connectivity index (χ2v) is 10.3. The highest BCUT2D eigenvalue weighted by atomic mass is 32.1. The smallest absolute Gasteiger partial charge is 0.263 e. The molecule has 2 aliphatic rings. The SMILES string of the molecule is COCCN1CCC[C@]2(CN(C(=O)c3ccc(C)s3)C[C@H]2c2ccnn2C(C)C)C1=O. The minimum absolute atomic E-state index is 0.0254. The normalized spacial score (nSPS) is 24.0. The van der Waals surface area contributed by atoms with Crippen LogP contribution in [0.4, 0.5) is 0 Å². The Morgan fingerprint density at radius 3 is 2.84 bits per heavy atom. The number of carbonyl (C=O) groups is 2. The molecule has 168 valence electrons. The standard InChI is InChI=1S/C23H32N4O3S/c1-16(2)27-19(8-10-24-27)18-14-26(21(28)20-7-6-17(3)31-20)15-23(18)9-5-11-25(22(23)29)12-13-30-4/h6-8,10,16,18H,5,9,11-15H2,1-4H3/t18-,23+/m0/s1. The lowest BCUT2D eigenvalue weighted by Gasteiger charge is -2.42. The van der Waals surface area contributed by atoms with E-state index < -0.39 is 5.41 Å². The molecule has 4 rings (SSSR count). The van der Waals surface area contributed by atoms with Crippen molar-refractivity contribution in [3.8, 4) is 0 Å². The van der Waals surface area contributed by atoms with Gasteiger partial charge in [0.25, 0.3) is 5.91 Å². The molecule has 2 saturated heterocycles. The Balaban J connectivity index is 1.71. The first kappa shape index (κ1) is 22.0. The lowest BCUT2D eigenvalue weighted by Crippen LogP contribution is -2.53. The summed E-state index contributed by atoms with van der Waals surface area (Å²) in [4.78, 5) is 32.9. The average molecular weight is 445 g/mol. The average Bonchev–Trinajstić information content (AvgIpc) is 3.47. The van der Waals surface area contributed by atoms with Gasteiger partial charge >= 0.3 is 0 Å². The lowest BCUT2D eigenvalue weighted by molar-refractivity contribution is -0.147. The summed E-state index contributed by atoms with van der Waals surface area (Å²) in [5.74, 6) is 0.104. The monoisotopic (exact) mass is 444 g/mol. The first-order valence-corrected chi connectivity index (χ1v) is 11.9. The van der Waals surface area contributed by atoms with E-state index in [2.05, 4.69) is 18.9 Å². The van der Waals surface area contributed by atoms with Crippen LogP contribution in [-0.4, -0.2) is 71.3 Å². The first-order valence-electron chi connectivity index (χ1n) is 11.0. The number of methoxy groups -OCH3 is 1. The van der Waals surface area contributed by atoms with E-state index in [1.807, 2.05) is 45.8 Å². The first-order chi connectivity index (χ1) is 14.9. The molecular weight excluding hydrogens is 412 g/mol. The largest absolute Gasteiger partial charge is 0.383 e. The highest BCUT2D eigenvalue weighted by Crippen LogP contribution is 2.50. The molecule has 7 nitrogen and oxygen atoms in total. The molecule has 4 heterocycles.